The number of unbranched alkanes of at least 4 members (excludes halogenated alkanes) is 2. The molecule has 0 saturated carbocycles. The number of hydrogen-bond donors (Lipinski definition) is 1. The van der Waals surface area contributed by atoms with Crippen molar-refractivity contribution >= 4 is 23.4 Å². The van der Waals surface area contributed by atoms with Gasteiger partial charge in [0.1, 0.15) is 5.82 Å². The number of thioether (sulfide) groups is 1. The normalized spacial score (nSPS) is 10.8. The molecule has 0 spiro atoms. The monoisotopic (exact) mass is 457 g/mol. The molecule has 0 radical (unpaired) electrons. The number of amides is 1. The lowest BCUT2D eigenvalue weighted by Gasteiger charge is -2.11. The topological polar surface area (TPSA) is 103 Å². The molecular weight excluding hydrogens is 433 g/mol. The van der Waals surface area contributed by atoms with Gasteiger partial charge in [0.2, 0.25) is 5.91 Å². The lowest BCUT2D eigenvalue weighted by molar-refractivity contribution is -0.384. The number of rotatable bonds is 11. The van der Waals surface area contributed by atoms with Crippen LogP contribution in [-0.4, -0.2) is 25.6 Å². The van der Waals surface area contributed by atoms with Crippen LogP contribution in [0.15, 0.2) is 53.7 Å². The predicted molar refractivity (Wildman–Crippen MR) is 120 cm³/mol. The molecule has 8 nitrogen and oxygen atoms in total. The highest BCUT2D eigenvalue weighted by atomic mass is 32.2. The van der Waals surface area contributed by atoms with Gasteiger partial charge in [0.05, 0.1) is 11.5 Å². The molecule has 1 amide bonds. The average molecular weight is 458 g/mol. The highest BCUT2D eigenvalue weighted by molar-refractivity contribution is 7.98. The lowest BCUT2D eigenvalue weighted by Crippen LogP contribution is -2.24. The van der Waals surface area contributed by atoms with E-state index in [9.17, 15) is 19.3 Å². The van der Waals surface area contributed by atoms with E-state index in [0.29, 0.717) is 28.8 Å². The summed E-state index contributed by atoms with van der Waals surface area (Å²) in [4.78, 5) is 22.7. The van der Waals surface area contributed by atoms with E-state index < -0.39 is 4.92 Å². The maximum atomic E-state index is 13.2. The van der Waals surface area contributed by atoms with Gasteiger partial charge in [-0.15, -0.1) is 10.2 Å². The van der Waals surface area contributed by atoms with Crippen molar-refractivity contribution in [1.29, 1.82) is 0 Å². The van der Waals surface area contributed by atoms with E-state index in [1.165, 1.54) is 36.0 Å². The number of halogens is 1. The first-order valence-corrected chi connectivity index (χ1v) is 11.3. The third-order valence-electron chi connectivity index (χ3n) is 4.75. The van der Waals surface area contributed by atoms with Crippen molar-refractivity contribution in [2.75, 3.05) is 0 Å². The summed E-state index contributed by atoms with van der Waals surface area (Å²) < 4.78 is 14.9. The highest BCUT2D eigenvalue weighted by Gasteiger charge is 2.17. The minimum absolute atomic E-state index is 0.0203. The third kappa shape index (κ3) is 6.36. The summed E-state index contributed by atoms with van der Waals surface area (Å²) in [6.45, 7) is 2.27. The van der Waals surface area contributed by atoms with Crippen molar-refractivity contribution in [3.05, 3.63) is 75.9 Å². The van der Waals surface area contributed by atoms with E-state index in [1.54, 1.807) is 28.8 Å². The first kappa shape index (κ1) is 23.4. The maximum Gasteiger partial charge on any atom is 0.269 e. The number of carbonyl (C=O) groups is 1. The Balaban J connectivity index is 1.80. The SMILES string of the molecule is CCCCCC(=O)NCc1nnc(SCc2ccc(F)cc2)n1-c1ccc([N+](=O)[O-])cc1. The Hall–Kier alpha value is -3.27. The molecule has 0 fully saturated rings. The molecule has 10 heteroatoms. The minimum atomic E-state index is -0.461. The summed E-state index contributed by atoms with van der Waals surface area (Å²) in [7, 11) is 0. The second kappa shape index (κ2) is 11.4. The molecule has 0 bridgehead atoms. The first-order valence-electron chi connectivity index (χ1n) is 10.3. The van der Waals surface area contributed by atoms with Gasteiger partial charge in [-0.2, -0.15) is 0 Å². The van der Waals surface area contributed by atoms with Crippen molar-refractivity contribution in [3.63, 3.8) is 0 Å². The lowest BCUT2D eigenvalue weighted by atomic mass is 10.2. The fourth-order valence-electron chi connectivity index (χ4n) is 3.02. The summed E-state index contributed by atoms with van der Waals surface area (Å²) in [5, 5.41) is 22.9. The third-order valence-corrected chi connectivity index (χ3v) is 5.75. The van der Waals surface area contributed by atoms with Crippen LogP contribution in [0.3, 0.4) is 0 Å². The van der Waals surface area contributed by atoms with Crippen LogP contribution < -0.4 is 5.32 Å². The largest absolute Gasteiger partial charge is 0.349 e. The molecule has 0 aliphatic rings. The molecule has 1 aromatic heterocycles. The molecule has 32 heavy (non-hydrogen) atoms. The van der Waals surface area contributed by atoms with E-state index in [2.05, 4.69) is 22.4 Å². The number of nitrogens with one attached hydrogen (secondary N) is 1. The summed E-state index contributed by atoms with van der Waals surface area (Å²) in [5.41, 5.74) is 1.55. The van der Waals surface area contributed by atoms with Gasteiger partial charge in [-0.05, 0) is 36.2 Å². The van der Waals surface area contributed by atoms with E-state index in [4.69, 9.17) is 0 Å². The molecule has 168 valence electrons. The summed E-state index contributed by atoms with van der Waals surface area (Å²) in [5.74, 6) is 0.695. The maximum absolute atomic E-state index is 13.2. The molecule has 0 unspecified atom stereocenters. The molecule has 1 N–H and O–H groups in total. The Kier molecular flexibility index (Phi) is 8.32. The van der Waals surface area contributed by atoms with Crippen molar-refractivity contribution in [2.24, 2.45) is 0 Å². The molecule has 3 aromatic rings. The molecule has 3 rings (SSSR count). The predicted octanol–water partition coefficient (Wildman–Crippen LogP) is 4.80. The number of non-ortho nitro benzene ring substituents is 1. The van der Waals surface area contributed by atoms with Crippen molar-refractivity contribution in [2.45, 2.75) is 50.1 Å². The number of nitro groups is 1. The Labute approximate surface area is 189 Å². The molecule has 2 aromatic carbocycles. The summed E-state index contributed by atoms with van der Waals surface area (Å²) in [6.07, 6.45) is 3.31. The van der Waals surface area contributed by atoms with Crippen molar-refractivity contribution in [3.8, 4) is 5.69 Å². The zero-order chi connectivity index (χ0) is 22.9. The smallest absolute Gasteiger partial charge is 0.269 e. The molecule has 1 heterocycles. The Morgan fingerprint density at radius 1 is 1.12 bits per heavy atom. The van der Waals surface area contributed by atoms with Crippen molar-refractivity contribution < 1.29 is 14.1 Å². The second-order valence-electron chi connectivity index (χ2n) is 7.16. The first-order chi connectivity index (χ1) is 15.5. The van der Waals surface area contributed by atoms with Gasteiger partial charge in [-0.3, -0.25) is 19.5 Å². The zero-order valence-corrected chi connectivity index (χ0v) is 18.5. The number of benzene rings is 2. The molecule has 0 aliphatic heterocycles. The van der Waals surface area contributed by atoms with Crippen LogP contribution >= 0.6 is 11.8 Å². The Morgan fingerprint density at radius 3 is 2.50 bits per heavy atom. The summed E-state index contributed by atoms with van der Waals surface area (Å²) in [6, 6.07) is 12.3. The van der Waals surface area contributed by atoms with Gasteiger partial charge in [0.25, 0.3) is 5.69 Å². The minimum Gasteiger partial charge on any atom is -0.349 e. The fourth-order valence-corrected chi connectivity index (χ4v) is 3.95. The van der Waals surface area contributed by atoms with E-state index in [0.717, 1.165) is 24.8 Å². The summed E-state index contributed by atoms with van der Waals surface area (Å²) >= 11 is 1.40. The Morgan fingerprint density at radius 2 is 1.84 bits per heavy atom. The quantitative estimate of drug-likeness (QED) is 0.192. The average Bonchev–Trinajstić information content (AvgIpc) is 3.20. The van der Waals surface area contributed by atoms with Crippen LogP contribution in [0.4, 0.5) is 10.1 Å². The van der Waals surface area contributed by atoms with Gasteiger partial charge in [-0.1, -0.05) is 43.7 Å². The van der Waals surface area contributed by atoms with Crippen LogP contribution in [0.5, 0.6) is 0 Å². The van der Waals surface area contributed by atoms with Crippen LogP contribution in [0.2, 0.25) is 0 Å². The standard InChI is InChI=1S/C22H24FN5O3S/c1-2-3-4-5-21(29)24-14-20-25-26-22(32-15-16-6-8-17(23)9-7-16)27(20)18-10-12-19(13-11-18)28(30)31/h6-13H,2-5,14-15H2,1H3,(H,24,29). The number of aromatic nitrogens is 3. The van der Waals surface area contributed by atoms with Gasteiger partial charge in [-0.25, -0.2) is 4.39 Å². The zero-order valence-electron chi connectivity index (χ0n) is 17.7. The molecule has 0 saturated heterocycles. The molecular formula is C22H24FN5O3S. The molecule has 0 atom stereocenters. The number of hydrogen-bond acceptors (Lipinski definition) is 6. The van der Waals surface area contributed by atoms with Crippen LogP contribution in [0, 0.1) is 15.9 Å². The van der Waals surface area contributed by atoms with Gasteiger partial charge >= 0.3 is 0 Å². The Bertz CT molecular complexity index is 1050. The highest BCUT2D eigenvalue weighted by Crippen LogP contribution is 2.26. The number of carbonyl (C=O) groups excluding carboxylic acids is 1. The second-order valence-corrected chi connectivity index (χ2v) is 8.10. The number of nitro benzene ring substituents is 1. The van der Waals surface area contributed by atoms with Crippen molar-refractivity contribution in [1.82, 2.24) is 20.1 Å². The van der Waals surface area contributed by atoms with Crippen LogP contribution in [-0.2, 0) is 17.1 Å². The fraction of sp³-hybridized carbons (Fsp3) is 0.318. The van der Waals surface area contributed by atoms with Gasteiger partial charge < -0.3 is 5.32 Å². The van der Waals surface area contributed by atoms with Crippen LogP contribution in [0.25, 0.3) is 5.69 Å². The van der Waals surface area contributed by atoms with E-state index in [1.807, 2.05) is 0 Å². The van der Waals surface area contributed by atoms with E-state index in [-0.39, 0.29) is 24.0 Å². The molecule has 0 aliphatic carbocycles. The van der Waals surface area contributed by atoms with Gasteiger partial charge in [0.15, 0.2) is 11.0 Å². The van der Waals surface area contributed by atoms with Gasteiger partial charge in [0, 0.05) is 30.0 Å². The van der Waals surface area contributed by atoms with Crippen LogP contribution in [0.1, 0.15) is 44.0 Å². The number of nitrogens with zero attached hydrogens (tertiary/aromatic N) is 4. The van der Waals surface area contributed by atoms with E-state index >= 15 is 0 Å².